The lowest BCUT2D eigenvalue weighted by Crippen LogP contribution is -2.37. The van der Waals surface area contributed by atoms with E-state index in [-0.39, 0.29) is 31.7 Å². The second kappa shape index (κ2) is 7.37. The van der Waals surface area contributed by atoms with Crippen LogP contribution in [-0.2, 0) is 4.79 Å². The summed E-state index contributed by atoms with van der Waals surface area (Å²) in [5, 5.41) is 8.03. The molecule has 1 aromatic rings. The van der Waals surface area contributed by atoms with Gasteiger partial charge in [0.05, 0.1) is 0 Å². The lowest BCUT2D eigenvalue weighted by molar-refractivity contribution is -0.116. The summed E-state index contributed by atoms with van der Waals surface area (Å²) in [6.45, 7) is 3.07. The van der Waals surface area contributed by atoms with Gasteiger partial charge in [-0.15, -0.1) is 0 Å². The number of fused-ring (bicyclic) bond motifs is 1. The van der Waals surface area contributed by atoms with Crippen molar-refractivity contribution in [1.29, 1.82) is 0 Å². The minimum atomic E-state index is -0.257. The molecule has 1 aliphatic heterocycles. The monoisotopic (exact) mass is 293 g/mol. The smallest absolute Gasteiger partial charge is 0.314 e. The van der Waals surface area contributed by atoms with Crippen LogP contribution in [0, 0.1) is 0 Å². The van der Waals surface area contributed by atoms with Crippen molar-refractivity contribution in [1.82, 2.24) is 10.6 Å². The van der Waals surface area contributed by atoms with Crippen LogP contribution in [0.4, 0.5) is 10.5 Å². The van der Waals surface area contributed by atoms with Crippen molar-refractivity contribution in [2.75, 3.05) is 25.2 Å². The van der Waals surface area contributed by atoms with Crippen molar-refractivity contribution in [3.8, 4) is 11.5 Å². The van der Waals surface area contributed by atoms with Gasteiger partial charge in [-0.1, -0.05) is 6.92 Å². The summed E-state index contributed by atoms with van der Waals surface area (Å²) < 4.78 is 10.4. The summed E-state index contributed by atoms with van der Waals surface area (Å²) in [5.41, 5.74) is 0.639. The zero-order chi connectivity index (χ0) is 15.1. The molecule has 0 unspecified atom stereocenters. The molecule has 2 rings (SSSR count). The Balaban J connectivity index is 1.71. The predicted octanol–water partition coefficient (Wildman–Crippen LogP) is 1.45. The molecule has 21 heavy (non-hydrogen) atoms. The maximum Gasteiger partial charge on any atom is 0.314 e. The fourth-order valence-corrected chi connectivity index (χ4v) is 1.79. The highest BCUT2D eigenvalue weighted by molar-refractivity contribution is 5.91. The molecule has 0 aliphatic carbocycles. The minimum Gasteiger partial charge on any atom is -0.454 e. The van der Waals surface area contributed by atoms with Crippen molar-refractivity contribution >= 4 is 17.6 Å². The van der Waals surface area contributed by atoms with E-state index in [1.807, 2.05) is 6.92 Å². The molecule has 3 amide bonds. The maximum atomic E-state index is 11.8. The number of urea groups is 1. The summed E-state index contributed by atoms with van der Waals surface area (Å²) in [7, 11) is 0. The second-order valence-electron chi connectivity index (χ2n) is 4.55. The van der Waals surface area contributed by atoms with Crippen LogP contribution in [0.1, 0.15) is 19.8 Å². The molecule has 0 fully saturated rings. The van der Waals surface area contributed by atoms with Gasteiger partial charge in [0.25, 0.3) is 0 Å². The van der Waals surface area contributed by atoms with Gasteiger partial charge in [-0.2, -0.15) is 0 Å². The van der Waals surface area contributed by atoms with Crippen LogP contribution in [0.3, 0.4) is 0 Å². The molecule has 7 heteroatoms. The predicted molar refractivity (Wildman–Crippen MR) is 77.5 cm³/mol. The van der Waals surface area contributed by atoms with Gasteiger partial charge >= 0.3 is 6.03 Å². The Bertz CT molecular complexity index is 519. The van der Waals surface area contributed by atoms with E-state index in [4.69, 9.17) is 9.47 Å². The normalized spacial score (nSPS) is 11.9. The number of hydrogen-bond acceptors (Lipinski definition) is 4. The third kappa shape index (κ3) is 4.55. The van der Waals surface area contributed by atoms with Gasteiger partial charge < -0.3 is 25.4 Å². The topological polar surface area (TPSA) is 88.7 Å². The molecule has 3 N–H and O–H groups in total. The molecule has 0 radical (unpaired) electrons. The van der Waals surface area contributed by atoms with Gasteiger partial charge in [0, 0.05) is 31.3 Å². The quantitative estimate of drug-likeness (QED) is 0.740. The largest absolute Gasteiger partial charge is 0.454 e. The number of carbonyl (C=O) groups is 2. The lowest BCUT2D eigenvalue weighted by Gasteiger charge is -2.08. The standard InChI is InChI=1S/C14H19N3O4/c1-2-6-15-14(19)16-7-5-13(18)17-10-3-4-11-12(8-10)21-9-20-11/h3-4,8H,2,5-7,9H2,1H3,(H,17,18)(H2,15,16,19). The molecule has 0 bridgehead atoms. The van der Waals surface area contributed by atoms with Crippen LogP contribution in [0.25, 0.3) is 0 Å². The van der Waals surface area contributed by atoms with Crippen LogP contribution >= 0.6 is 0 Å². The number of anilines is 1. The van der Waals surface area contributed by atoms with Crippen LogP contribution < -0.4 is 25.4 Å². The van der Waals surface area contributed by atoms with Crippen LogP contribution in [0.2, 0.25) is 0 Å². The molecule has 114 valence electrons. The van der Waals surface area contributed by atoms with E-state index in [0.717, 1.165) is 6.42 Å². The van der Waals surface area contributed by atoms with Crippen molar-refractivity contribution in [2.45, 2.75) is 19.8 Å². The fourth-order valence-electron chi connectivity index (χ4n) is 1.79. The highest BCUT2D eigenvalue weighted by Gasteiger charge is 2.14. The highest BCUT2D eigenvalue weighted by atomic mass is 16.7. The molecule has 0 spiro atoms. The van der Waals surface area contributed by atoms with Crippen molar-refractivity contribution < 1.29 is 19.1 Å². The van der Waals surface area contributed by atoms with Crippen molar-refractivity contribution in [3.63, 3.8) is 0 Å². The first-order chi connectivity index (χ1) is 10.2. The molecule has 1 aliphatic rings. The summed E-state index contributed by atoms with van der Waals surface area (Å²) in [5.74, 6) is 1.11. The molecule has 1 aromatic carbocycles. The number of nitrogens with one attached hydrogen (secondary N) is 3. The third-order valence-electron chi connectivity index (χ3n) is 2.83. The van der Waals surface area contributed by atoms with Gasteiger partial charge in [0.1, 0.15) is 0 Å². The van der Waals surface area contributed by atoms with E-state index in [0.29, 0.717) is 23.7 Å². The zero-order valence-electron chi connectivity index (χ0n) is 11.9. The van der Waals surface area contributed by atoms with Gasteiger partial charge in [0.15, 0.2) is 11.5 Å². The van der Waals surface area contributed by atoms with Gasteiger partial charge in [-0.25, -0.2) is 4.79 Å². The minimum absolute atomic E-state index is 0.176. The Labute approximate surface area is 123 Å². The van der Waals surface area contributed by atoms with Crippen molar-refractivity contribution in [2.24, 2.45) is 0 Å². The molecule has 0 atom stereocenters. The average Bonchev–Trinajstić information content (AvgIpc) is 2.92. The second-order valence-corrected chi connectivity index (χ2v) is 4.55. The summed E-state index contributed by atoms with van der Waals surface area (Å²) in [4.78, 5) is 23.0. The number of amides is 3. The van der Waals surface area contributed by atoms with Crippen LogP contribution in [-0.4, -0.2) is 31.8 Å². The van der Waals surface area contributed by atoms with E-state index in [1.165, 1.54) is 0 Å². The number of rotatable bonds is 6. The van der Waals surface area contributed by atoms with Gasteiger partial charge in [0.2, 0.25) is 12.7 Å². The Hall–Kier alpha value is -2.44. The third-order valence-corrected chi connectivity index (χ3v) is 2.83. The Morgan fingerprint density at radius 2 is 1.90 bits per heavy atom. The SMILES string of the molecule is CCCNC(=O)NCCC(=O)Nc1ccc2c(c1)OCO2. The summed E-state index contributed by atoms with van der Waals surface area (Å²) in [6.07, 6.45) is 1.08. The van der Waals surface area contributed by atoms with E-state index in [1.54, 1.807) is 18.2 Å². The molecule has 0 saturated carbocycles. The molecule has 1 heterocycles. The molecule has 0 saturated heterocycles. The van der Waals surface area contributed by atoms with Crippen LogP contribution in [0.5, 0.6) is 11.5 Å². The molecular weight excluding hydrogens is 274 g/mol. The first-order valence-corrected chi connectivity index (χ1v) is 6.90. The zero-order valence-corrected chi connectivity index (χ0v) is 11.9. The number of carbonyl (C=O) groups excluding carboxylic acids is 2. The summed E-state index contributed by atoms with van der Waals surface area (Å²) in [6, 6.07) is 4.94. The lowest BCUT2D eigenvalue weighted by atomic mass is 10.2. The molecule has 7 nitrogen and oxygen atoms in total. The Kier molecular flexibility index (Phi) is 5.25. The highest BCUT2D eigenvalue weighted by Crippen LogP contribution is 2.34. The number of benzene rings is 1. The van der Waals surface area contributed by atoms with Gasteiger partial charge in [-0.3, -0.25) is 4.79 Å². The molecular formula is C14H19N3O4. The Morgan fingerprint density at radius 3 is 2.71 bits per heavy atom. The van der Waals surface area contributed by atoms with E-state index in [9.17, 15) is 9.59 Å². The van der Waals surface area contributed by atoms with Crippen LogP contribution in [0.15, 0.2) is 18.2 Å². The summed E-state index contributed by atoms with van der Waals surface area (Å²) >= 11 is 0. The maximum absolute atomic E-state index is 11.8. The van der Waals surface area contributed by atoms with E-state index in [2.05, 4.69) is 16.0 Å². The van der Waals surface area contributed by atoms with Gasteiger partial charge in [-0.05, 0) is 18.6 Å². The molecule has 0 aromatic heterocycles. The fraction of sp³-hybridized carbons (Fsp3) is 0.429. The first kappa shape index (κ1) is 15.0. The van der Waals surface area contributed by atoms with E-state index >= 15 is 0 Å². The Morgan fingerprint density at radius 1 is 1.14 bits per heavy atom. The number of ether oxygens (including phenoxy) is 2. The number of hydrogen-bond donors (Lipinski definition) is 3. The van der Waals surface area contributed by atoms with E-state index < -0.39 is 0 Å². The average molecular weight is 293 g/mol. The first-order valence-electron chi connectivity index (χ1n) is 6.90. The van der Waals surface area contributed by atoms with Crippen molar-refractivity contribution in [3.05, 3.63) is 18.2 Å².